The lowest BCUT2D eigenvalue weighted by Crippen LogP contribution is -2.18. The van der Waals surface area contributed by atoms with E-state index in [9.17, 15) is 14.3 Å². The first-order valence-electron chi connectivity index (χ1n) is 7.99. The van der Waals surface area contributed by atoms with Gasteiger partial charge in [0.25, 0.3) is 5.91 Å². The van der Waals surface area contributed by atoms with E-state index in [2.05, 4.69) is 4.98 Å². The lowest BCUT2D eigenvalue weighted by atomic mass is 10.0. The zero-order valence-corrected chi connectivity index (χ0v) is 13.8. The minimum Gasteiger partial charge on any atom is -0.507 e. The van der Waals surface area contributed by atoms with E-state index in [0.29, 0.717) is 33.7 Å². The molecule has 3 N–H and O–H groups in total. The number of amides is 1. The van der Waals surface area contributed by atoms with Crippen LogP contribution in [0.1, 0.15) is 10.4 Å². The van der Waals surface area contributed by atoms with Gasteiger partial charge in [-0.25, -0.2) is 14.9 Å². The number of nitrogens with zero attached hydrogens (tertiary/aromatic N) is 1. The third-order valence-corrected chi connectivity index (χ3v) is 4.15. The first-order valence-corrected chi connectivity index (χ1v) is 7.99. The molecule has 27 heavy (non-hydrogen) atoms. The van der Waals surface area contributed by atoms with Crippen LogP contribution in [0.3, 0.4) is 0 Å². The lowest BCUT2D eigenvalue weighted by molar-refractivity contribution is 0.0706. The Labute approximate surface area is 152 Å². The van der Waals surface area contributed by atoms with Crippen LogP contribution in [-0.4, -0.2) is 21.2 Å². The monoisotopic (exact) mass is 364 g/mol. The zero-order chi connectivity index (χ0) is 19.0. The van der Waals surface area contributed by atoms with E-state index in [1.807, 2.05) is 0 Å². The highest BCUT2D eigenvalue weighted by molar-refractivity contribution is 5.96. The van der Waals surface area contributed by atoms with Gasteiger partial charge in [-0.05, 0) is 54.1 Å². The van der Waals surface area contributed by atoms with E-state index >= 15 is 0 Å². The summed E-state index contributed by atoms with van der Waals surface area (Å²) < 4.78 is 19.1. The third-order valence-electron chi connectivity index (χ3n) is 4.15. The number of carbonyl (C=O) groups is 1. The molecule has 0 aliphatic heterocycles. The molecule has 6 nitrogen and oxygen atoms in total. The molecule has 1 aromatic heterocycles. The molecule has 0 saturated carbocycles. The van der Waals surface area contributed by atoms with Gasteiger partial charge in [0.05, 0.1) is 0 Å². The predicted octanol–water partition coefficient (Wildman–Crippen LogP) is 4.13. The number of hydrogen-bond donors (Lipinski definition) is 3. The summed E-state index contributed by atoms with van der Waals surface area (Å²) in [6.45, 7) is 0. The highest BCUT2D eigenvalue weighted by Gasteiger charge is 2.12. The SMILES string of the molecule is O=C(NO)c1ccc2oc(-c3ccc(-c4cc(F)ccc4O)cc3)nc2c1. The molecule has 0 fully saturated rings. The van der Waals surface area contributed by atoms with Gasteiger partial charge in [-0.1, -0.05) is 12.1 Å². The van der Waals surface area contributed by atoms with Crippen LogP contribution in [0.5, 0.6) is 5.75 Å². The van der Waals surface area contributed by atoms with Crippen molar-refractivity contribution in [1.82, 2.24) is 10.5 Å². The van der Waals surface area contributed by atoms with Crippen molar-refractivity contribution in [2.75, 3.05) is 0 Å². The number of benzene rings is 3. The number of rotatable bonds is 3. The minimum absolute atomic E-state index is 0.0132. The quantitative estimate of drug-likeness (QED) is 0.375. The maximum absolute atomic E-state index is 13.4. The molecule has 3 aromatic carbocycles. The number of hydroxylamine groups is 1. The first-order chi connectivity index (χ1) is 13.0. The van der Waals surface area contributed by atoms with Crippen molar-refractivity contribution in [2.24, 2.45) is 0 Å². The summed E-state index contributed by atoms with van der Waals surface area (Å²) in [7, 11) is 0. The van der Waals surface area contributed by atoms with Crippen molar-refractivity contribution in [3.8, 4) is 28.3 Å². The van der Waals surface area contributed by atoms with Gasteiger partial charge in [0, 0.05) is 16.7 Å². The molecule has 0 radical (unpaired) electrons. The number of nitrogens with one attached hydrogen (secondary N) is 1. The molecule has 0 unspecified atom stereocenters. The van der Waals surface area contributed by atoms with Gasteiger partial charge in [0.2, 0.25) is 5.89 Å². The molecule has 0 aliphatic carbocycles. The lowest BCUT2D eigenvalue weighted by Gasteiger charge is -2.05. The number of aromatic nitrogens is 1. The summed E-state index contributed by atoms with van der Waals surface area (Å²) >= 11 is 0. The van der Waals surface area contributed by atoms with Gasteiger partial charge in [-0.2, -0.15) is 0 Å². The molecule has 7 heteroatoms. The largest absolute Gasteiger partial charge is 0.507 e. The summed E-state index contributed by atoms with van der Waals surface area (Å²) in [5.74, 6) is -0.739. The predicted molar refractivity (Wildman–Crippen MR) is 95.8 cm³/mol. The number of phenolic OH excluding ortho intramolecular Hbond substituents is 1. The molecule has 0 saturated heterocycles. The second kappa shape index (κ2) is 6.54. The van der Waals surface area contributed by atoms with Gasteiger partial charge >= 0.3 is 0 Å². The van der Waals surface area contributed by atoms with E-state index in [4.69, 9.17) is 9.62 Å². The van der Waals surface area contributed by atoms with E-state index in [1.165, 1.54) is 30.3 Å². The van der Waals surface area contributed by atoms with E-state index in [-0.39, 0.29) is 11.3 Å². The fourth-order valence-corrected chi connectivity index (χ4v) is 2.79. The number of aromatic hydroxyl groups is 1. The van der Waals surface area contributed by atoms with Crippen LogP contribution in [0.2, 0.25) is 0 Å². The van der Waals surface area contributed by atoms with Crippen molar-refractivity contribution in [1.29, 1.82) is 0 Å². The second-order valence-electron chi connectivity index (χ2n) is 5.88. The van der Waals surface area contributed by atoms with Gasteiger partial charge in [0.1, 0.15) is 17.1 Å². The summed E-state index contributed by atoms with van der Waals surface area (Å²) in [6.07, 6.45) is 0. The molecule has 0 spiro atoms. The number of fused-ring (bicyclic) bond motifs is 1. The molecule has 4 aromatic rings. The van der Waals surface area contributed by atoms with E-state index in [1.54, 1.807) is 35.8 Å². The Morgan fingerprint density at radius 2 is 1.74 bits per heavy atom. The smallest absolute Gasteiger partial charge is 0.274 e. The van der Waals surface area contributed by atoms with Gasteiger partial charge in [0.15, 0.2) is 5.58 Å². The third kappa shape index (κ3) is 3.11. The Kier molecular flexibility index (Phi) is 4.06. The maximum atomic E-state index is 13.4. The summed E-state index contributed by atoms with van der Waals surface area (Å²) in [6, 6.07) is 15.3. The Balaban J connectivity index is 1.69. The van der Waals surface area contributed by atoms with Crippen molar-refractivity contribution in [3.63, 3.8) is 0 Å². The van der Waals surface area contributed by atoms with Crippen LogP contribution < -0.4 is 5.48 Å². The molecule has 0 aliphatic rings. The minimum atomic E-state index is -0.638. The highest BCUT2D eigenvalue weighted by atomic mass is 19.1. The van der Waals surface area contributed by atoms with Crippen molar-refractivity contribution in [3.05, 3.63) is 72.0 Å². The second-order valence-corrected chi connectivity index (χ2v) is 5.88. The average Bonchev–Trinajstić information content (AvgIpc) is 3.12. The zero-order valence-electron chi connectivity index (χ0n) is 13.8. The standard InChI is InChI=1S/C20H13FN2O4/c21-14-6-7-17(24)15(10-14)11-1-3-12(4-2-11)20-22-16-9-13(19(25)23-26)5-8-18(16)27-20/h1-10,24,26H,(H,23,25). The Morgan fingerprint density at radius 1 is 1.00 bits per heavy atom. The maximum Gasteiger partial charge on any atom is 0.274 e. The Morgan fingerprint density at radius 3 is 2.48 bits per heavy atom. The topological polar surface area (TPSA) is 95.6 Å². The summed E-state index contributed by atoms with van der Waals surface area (Å²) in [4.78, 5) is 15.8. The van der Waals surface area contributed by atoms with Gasteiger partial charge < -0.3 is 9.52 Å². The molecule has 0 bridgehead atoms. The average molecular weight is 364 g/mol. The number of halogens is 1. The van der Waals surface area contributed by atoms with Gasteiger partial charge in [-0.3, -0.25) is 10.0 Å². The number of phenols is 1. The van der Waals surface area contributed by atoms with Crippen molar-refractivity contribution >= 4 is 17.0 Å². The molecular formula is C20H13FN2O4. The van der Waals surface area contributed by atoms with Crippen molar-refractivity contribution < 1.29 is 23.9 Å². The normalized spacial score (nSPS) is 10.9. The van der Waals surface area contributed by atoms with Crippen LogP contribution in [-0.2, 0) is 0 Å². The molecule has 134 valence electrons. The fraction of sp³-hybridized carbons (Fsp3) is 0. The van der Waals surface area contributed by atoms with Crippen LogP contribution in [0, 0.1) is 5.82 Å². The molecule has 0 atom stereocenters. The van der Waals surface area contributed by atoms with Crippen LogP contribution in [0.4, 0.5) is 4.39 Å². The number of carbonyl (C=O) groups excluding carboxylic acids is 1. The van der Waals surface area contributed by atoms with Crippen molar-refractivity contribution in [2.45, 2.75) is 0 Å². The van der Waals surface area contributed by atoms with E-state index in [0.717, 1.165) is 0 Å². The molecular weight excluding hydrogens is 351 g/mol. The fourth-order valence-electron chi connectivity index (χ4n) is 2.79. The number of hydrogen-bond acceptors (Lipinski definition) is 5. The molecule has 4 rings (SSSR count). The summed E-state index contributed by atoms with van der Waals surface area (Å²) in [5.41, 5.74) is 4.50. The van der Waals surface area contributed by atoms with E-state index < -0.39 is 11.7 Å². The molecule has 1 heterocycles. The Hall–Kier alpha value is -3.71. The molecule has 1 amide bonds. The first kappa shape index (κ1) is 16.7. The number of oxazole rings is 1. The highest BCUT2D eigenvalue weighted by Crippen LogP contribution is 2.32. The van der Waals surface area contributed by atoms with Crippen LogP contribution >= 0.6 is 0 Å². The Bertz CT molecular complexity index is 1150. The van der Waals surface area contributed by atoms with Gasteiger partial charge in [-0.15, -0.1) is 0 Å². The summed E-state index contributed by atoms with van der Waals surface area (Å²) in [5, 5.41) is 18.6. The van der Waals surface area contributed by atoms with Crippen LogP contribution in [0.15, 0.2) is 65.1 Å². The van der Waals surface area contributed by atoms with Crippen LogP contribution in [0.25, 0.3) is 33.7 Å².